The monoisotopic (exact) mass is 477 g/mol. The number of hydrogen-bond donors (Lipinski definition) is 0. The van der Waals surface area contributed by atoms with Gasteiger partial charge in [0.15, 0.2) is 0 Å². The van der Waals surface area contributed by atoms with Crippen LogP contribution in [0.3, 0.4) is 0 Å². The lowest BCUT2D eigenvalue weighted by Crippen LogP contribution is -2.43. The highest BCUT2D eigenvalue weighted by atomic mass is 32.2. The van der Waals surface area contributed by atoms with Crippen LogP contribution in [0.25, 0.3) is 0 Å². The van der Waals surface area contributed by atoms with E-state index in [2.05, 4.69) is 0 Å². The van der Waals surface area contributed by atoms with Gasteiger partial charge in [-0.3, -0.25) is 9.59 Å². The van der Waals surface area contributed by atoms with E-state index >= 15 is 0 Å². The summed E-state index contributed by atoms with van der Waals surface area (Å²) in [5.41, 5.74) is -1.62. The van der Waals surface area contributed by atoms with E-state index in [1.54, 1.807) is 53.7 Å². The van der Waals surface area contributed by atoms with Crippen molar-refractivity contribution in [1.29, 1.82) is 0 Å². The molecule has 0 N–H and O–H groups in total. The number of rotatable bonds is 8. The lowest BCUT2D eigenvalue weighted by atomic mass is 10.2. The van der Waals surface area contributed by atoms with Gasteiger partial charge in [-0.2, -0.15) is 4.31 Å². The first-order valence-electron chi connectivity index (χ1n) is 10.4. The summed E-state index contributed by atoms with van der Waals surface area (Å²) in [6, 6.07) is 14.7. The van der Waals surface area contributed by atoms with Gasteiger partial charge < -0.3 is 14.2 Å². The van der Waals surface area contributed by atoms with E-state index in [0.717, 1.165) is 4.31 Å². The van der Waals surface area contributed by atoms with Gasteiger partial charge in [0.2, 0.25) is 10.0 Å². The third-order valence-corrected chi connectivity index (χ3v) is 5.70. The fraction of sp³-hybridized carbons (Fsp3) is 0.417. The normalized spacial score (nSPS) is 12.3. The number of carbonyl (C=O) groups is 2. The number of sulfonamides is 1. The van der Waals surface area contributed by atoms with Crippen molar-refractivity contribution in [2.75, 3.05) is 13.1 Å². The topological polar surface area (TPSA) is 99.2 Å². The zero-order valence-electron chi connectivity index (χ0n) is 19.8. The van der Waals surface area contributed by atoms with Crippen LogP contribution >= 0.6 is 0 Å². The molecule has 2 aromatic carbocycles. The molecule has 0 bridgehead atoms. The maximum atomic E-state index is 13.3. The smallest absolute Gasteiger partial charge is 0.321 e. The summed E-state index contributed by atoms with van der Waals surface area (Å²) in [6.45, 7) is 8.74. The molecule has 0 radical (unpaired) electrons. The maximum absolute atomic E-state index is 13.3. The van der Waals surface area contributed by atoms with Crippen LogP contribution in [0, 0.1) is 0 Å². The molecule has 2 aromatic rings. The Hall–Kier alpha value is -2.91. The van der Waals surface area contributed by atoms with Crippen molar-refractivity contribution in [2.24, 2.45) is 0 Å². The van der Waals surface area contributed by atoms with Crippen LogP contribution < -0.4 is 4.74 Å². The molecule has 0 aromatic heterocycles. The Kier molecular flexibility index (Phi) is 8.26. The van der Waals surface area contributed by atoms with Crippen LogP contribution in [-0.2, 0) is 29.1 Å². The Bertz CT molecular complexity index is 1020. The molecule has 0 aliphatic rings. The van der Waals surface area contributed by atoms with Gasteiger partial charge in [-0.15, -0.1) is 0 Å². The molecule has 2 rings (SSSR count). The number of esters is 2. The van der Waals surface area contributed by atoms with Crippen molar-refractivity contribution in [3.8, 4) is 11.5 Å². The molecular formula is C24H31NO7S. The molecule has 0 saturated heterocycles. The predicted octanol–water partition coefficient (Wildman–Crippen LogP) is 4.15. The average Bonchev–Trinajstić information content (AvgIpc) is 2.66. The first-order chi connectivity index (χ1) is 15.2. The van der Waals surface area contributed by atoms with Crippen molar-refractivity contribution in [3.63, 3.8) is 0 Å². The van der Waals surface area contributed by atoms with Crippen LogP contribution in [0.5, 0.6) is 11.5 Å². The summed E-state index contributed by atoms with van der Waals surface area (Å²) >= 11 is 0. The van der Waals surface area contributed by atoms with E-state index in [-0.39, 0.29) is 4.90 Å². The number of ether oxygens (including phenoxy) is 3. The minimum Gasteiger partial charge on any atom is -0.459 e. The molecule has 0 spiro atoms. The van der Waals surface area contributed by atoms with Crippen molar-refractivity contribution in [2.45, 2.75) is 57.6 Å². The summed E-state index contributed by atoms with van der Waals surface area (Å²) in [5, 5.41) is 0. The van der Waals surface area contributed by atoms with E-state index in [1.807, 2.05) is 18.2 Å². The van der Waals surface area contributed by atoms with Gasteiger partial charge in [-0.25, -0.2) is 8.42 Å². The number of nitrogens with zero attached hydrogens (tertiary/aromatic N) is 1. The number of carbonyl (C=O) groups excluding carboxylic acids is 2. The Labute approximate surface area is 195 Å². The standard InChI is InChI=1S/C24H31NO7S/c1-23(2,3)31-21(26)16-25(17-22(27)32-24(4,5)6)33(28,29)20-14-12-19(13-15-20)30-18-10-8-7-9-11-18/h7-15H,16-17H2,1-6H3. The van der Waals surface area contributed by atoms with E-state index in [1.165, 1.54) is 24.3 Å². The Morgan fingerprint density at radius 1 is 0.727 bits per heavy atom. The van der Waals surface area contributed by atoms with Crippen molar-refractivity contribution < 1.29 is 32.2 Å². The second-order valence-corrected chi connectivity index (χ2v) is 11.3. The zero-order chi connectivity index (χ0) is 24.9. The minimum atomic E-state index is -4.22. The summed E-state index contributed by atoms with van der Waals surface area (Å²) in [6.07, 6.45) is 0. The molecule has 0 saturated carbocycles. The molecule has 9 heteroatoms. The van der Waals surface area contributed by atoms with Gasteiger partial charge in [0.1, 0.15) is 35.8 Å². The van der Waals surface area contributed by atoms with Crippen LogP contribution in [0.2, 0.25) is 0 Å². The fourth-order valence-electron chi connectivity index (χ4n) is 2.71. The molecule has 0 amide bonds. The highest BCUT2D eigenvalue weighted by molar-refractivity contribution is 7.89. The van der Waals surface area contributed by atoms with Gasteiger partial charge in [-0.05, 0) is 77.9 Å². The lowest BCUT2D eigenvalue weighted by Gasteiger charge is -2.26. The second kappa shape index (κ2) is 10.4. The number of benzene rings is 2. The fourth-order valence-corrected chi connectivity index (χ4v) is 4.04. The van der Waals surface area contributed by atoms with Gasteiger partial charge in [0, 0.05) is 0 Å². The van der Waals surface area contributed by atoms with Crippen LogP contribution in [-0.4, -0.2) is 49.0 Å². The summed E-state index contributed by atoms with van der Waals surface area (Å²) in [5.74, 6) is -0.520. The SMILES string of the molecule is CC(C)(C)OC(=O)CN(CC(=O)OC(C)(C)C)S(=O)(=O)c1ccc(Oc2ccccc2)cc1. The molecule has 33 heavy (non-hydrogen) atoms. The van der Waals surface area contributed by atoms with Crippen LogP contribution in [0.1, 0.15) is 41.5 Å². The second-order valence-electron chi connectivity index (χ2n) is 9.33. The molecule has 180 valence electrons. The first kappa shape index (κ1) is 26.3. The van der Waals surface area contributed by atoms with Crippen LogP contribution in [0.15, 0.2) is 59.5 Å². The van der Waals surface area contributed by atoms with Gasteiger partial charge in [0.05, 0.1) is 4.90 Å². The minimum absolute atomic E-state index is 0.102. The molecule has 8 nitrogen and oxygen atoms in total. The van der Waals surface area contributed by atoms with E-state index in [9.17, 15) is 18.0 Å². The zero-order valence-corrected chi connectivity index (χ0v) is 20.6. The lowest BCUT2D eigenvalue weighted by molar-refractivity contribution is -0.157. The van der Waals surface area contributed by atoms with Crippen molar-refractivity contribution in [1.82, 2.24) is 4.31 Å². The summed E-state index contributed by atoms with van der Waals surface area (Å²) in [4.78, 5) is 24.6. The third-order valence-electron chi connectivity index (χ3n) is 3.89. The van der Waals surface area contributed by atoms with Crippen LogP contribution in [0.4, 0.5) is 0 Å². The first-order valence-corrected chi connectivity index (χ1v) is 11.9. The Morgan fingerprint density at radius 3 is 1.58 bits per heavy atom. The maximum Gasteiger partial charge on any atom is 0.321 e. The molecule has 0 heterocycles. The van der Waals surface area contributed by atoms with Crippen molar-refractivity contribution in [3.05, 3.63) is 54.6 Å². The molecule has 0 fully saturated rings. The Balaban J connectivity index is 2.26. The number of hydrogen-bond acceptors (Lipinski definition) is 7. The van der Waals surface area contributed by atoms with E-state index < -0.39 is 46.3 Å². The van der Waals surface area contributed by atoms with Gasteiger partial charge in [-0.1, -0.05) is 18.2 Å². The highest BCUT2D eigenvalue weighted by Gasteiger charge is 2.32. The van der Waals surface area contributed by atoms with E-state index in [4.69, 9.17) is 14.2 Å². The predicted molar refractivity (Wildman–Crippen MR) is 123 cm³/mol. The van der Waals surface area contributed by atoms with Gasteiger partial charge in [0.25, 0.3) is 0 Å². The van der Waals surface area contributed by atoms with E-state index in [0.29, 0.717) is 11.5 Å². The molecule has 0 aliphatic heterocycles. The van der Waals surface area contributed by atoms with Gasteiger partial charge >= 0.3 is 11.9 Å². The molecule has 0 atom stereocenters. The molecule has 0 aliphatic carbocycles. The quantitative estimate of drug-likeness (QED) is 0.527. The van der Waals surface area contributed by atoms with Crippen molar-refractivity contribution >= 4 is 22.0 Å². The molecule has 0 unspecified atom stereocenters. The summed E-state index contributed by atoms with van der Waals surface area (Å²) < 4.78 is 43.5. The third kappa shape index (κ3) is 8.86. The highest BCUT2D eigenvalue weighted by Crippen LogP contribution is 2.24. The number of para-hydroxylation sites is 1. The summed E-state index contributed by atoms with van der Waals surface area (Å²) in [7, 11) is -4.22. The largest absolute Gasteiger partial charge is 0.459 e. The molecular weight excluding hydrogens is 446 g/mol. The average molecular weight is 478 g/mol. The Morgan fingerprint density at radius 2 is 1.15 bits per heavy atom.